The first-order chi connectivity index (χ1) is 9.15. The summed E-state index contributed by atoms with van der Waals surface area (Å²) in [6.07, 6.45) is 0. The molecule has 94 valence electrons. The first-order valence-electron chi connectivity index (χ1n) is 6.22. The van der Waals surface area contributed by atoms with Gasteiger partial charge in [-0.3, -0.25) is 9.78 Å². The first kappa shape index (κ1) is 11.7. The smallest absolute Gasteiger partial charge is 0.256 e. The number of nitrogens with one attached hydrogen (secondary N) is 1. The van der Waals surface area contributed by atoms with Gasteiger partial charge in [0.05, 0.1) is 5.52 Å². The van der Waals surface area contributed by atoms with Crippen molar-refractivity contribution in [2.45, 2.75) is 13.8 Å². The molecule has 0 bridgehead atoms. The molecule has 1 aromatic carbocycles. The third kappa shape index (κ3) is 2.03. The summed E-state index contributed by atoms with van der Waals surface area (Å²) in [5, 5.41) is 0.990. The maximum Gasteiger partial charge on any atom is 0.256 e. The van der Waals surface area contributed by atoms with E-state index < -0.39 is 0 Å². The molecule has 0 radical (unpaired) electrons. The first-order valence-corrected chi connectivity index (χ1v) is 6.22. The van der Waals surface area contributed by atoms with Crippen LogP contribution >= 0.6 is 0 Å². The molecule has 2 aromatic heterocycles. The Hall–Kier alpha value is -2.42. The van der Waals surface area contributed by atoms with E-state index in [4.69, 9.17) is 0 Å². The van der Waals surface area contributed by atoms with Gasteiger partial charge in [-0.25, -0.2) is 0 Å². The van der Waals surface area contributed by atoms with Crippen molar-refractivity contribution >= 4 is 10.9 Å². The minimum Gasteiger partial charge on any atom is -0.321 e. The molecule has 0 aliphatic carbocycles. The van der Waals surface area contributed by atoms with Crippen LogP contribution in [0.1, 0.15) is 11.4 Å². The number of pyridine rings is 2. The third-order valence-corrected chi connectivity index (χ3v) is 3.24. The van der Waals surface area contributed by atoms with Crippen LogP contribution in [0.4, 0.5) is 0 Å². The molecule has 0 aliphatic rings. The Morgan fingerprint density at radius 3 is 2.53 bits per heavy atom. The summed E-state index contributed by atoms with van der Waals surface area (Å²) in [7, 11) is 0. The average Bonchev–Trinajstić information content (AvgIpc) is 2.38. The molecule has 0 spiro atoms. The van der Waals surface area contributed by atoms with Crippen molar-refractivity contribution in [3.05, 3.63) is 64.2 Å². The van der Waals surface area contributed by atoms with Gasteiger partial charge in [0.2, 0.25) is 0 Å². The maximum absolute atomic E-state index is 12.2. The molecular formula is C16H14N2O. The lowest BCUT2D eigenvalue weighted by Crippen LogP contribution is -2.09. The van der Waals surface area contributed by atoms with Crippen LogP contribution in [0.25, 0.3) is 22.0 Å². The summed E-state index contributed by atoms with van der Waals surface area (Å²) < 4.78 is 0. The molecule has 0 fully saturated rings. The van der Waals surface area contributed by atoms with Gasteiger partial charge < -0.3 is 4.98 Å². The van der Waals surface area contributed by atoms with Crippen LogP contribution in [0, 0.1) is 13.8 Å². The van der Waals surface area contributed by atoms with Crippen LogP contribution in [0.2, 0.25) is 0 Å². The number of benzene rings is 1. The maximum atomic E-state index is 12.2. The van der Waals surface area contributed by atoms with Gasteiger partial charge in [-0.05, 0) is 31.5 Å². The van der Waals surface area contributed by atoms with Gasteiger partial charge >= 0.3 is 0 Å². The Morgan fingerprint density at radius 2 is 1.79 bits per heavy atom. The highest BCUT2D eigenvalue weighted by atomic mass is 16.1. The van der Waals surface area contributed by atoms with Gasteiger partial charge in [-0.1, -0.05) is 30.3 Å². The second-order valence-corrected chi connectivity index (χ2v) is 4.69. The molecular weight excluding hydrogens is 236 g/mol. The lowest BCUT2D eigenvalue weighted by Gasteiger charge is -2.06. The van der Waals surface area contributed by atoms with Crippen molar-refractivity contribution in [1.82, 2.24) is 9.97 Å². The summed E-state index contributed by atoms with van der Waals surface area (Å²) in [6.45, 7) is 3.89. The van der Waals surface area contributed by atoms with Crippen molar-refractivity contribution in [1.29, 1.82) is 0 Å². The van der Waals surface area contributed by atoms with Crippen molar-refractivity contribution in [2.24, 2.45) is 0 Å². The zero-order chi connectivity index (χ0) is 13.4. The highest BCUT2D eigenvalue weighted by Gasteiger charge is 2.07. The number of nitrogens with zero attached hydrogens (tertiary/aromatic N) is 1. The highest BCUT2D eigenvalue weighted by Crippen LogP contribution is 2.21. The van der Waals surface area contributed by atoms with Crippen LogP contribution in [-0.2, 0) is 0 Å². The quantitative estimate of drug-likeness (QED) is 0.720. The molecule has 0 atom stereocenters. The third-order valence-electron chi connectivity index (χ3n) is 3.24. The van der Waals surface area contributed by atoms with E-state index in [-0.39, 0.29) is 5.56 Å². The molecule has 3 nitrogen and oxygen atoms in total. The number of rotatable bonds is 1. The molecule has 0 unspecified atom stereocenters. The van der Waals surface area contributed by atoms with Crippen LogP contribution in [0.5, 0.6) is 0 Å². The molecule has 3 heteroatoms. The van der Waals surface area contributed by atoms with Crippen molar-refractivity contribution in [3.8, 4) is 11.1 Å². The van der Waals surface area contributed by atoms with E-state index in [1.165, 1.54) is 0 Å². The van der Waals surface area contributed by atoms with Crippen LogP contribution < -0.4 is 5.56 Å². The monoisotopic (exact) mass is 250 g/mol. The number of aryl methyl sites for hydroxylation is 2. The van der Waals surface area contributed by atoms with Crippen LogP contribution in [-0.4, -0.2) is 9.97 Å². The Labute approximate surface area is 111 Å². The molecule has 0 amide bonds. The zero-order valence-electron chi connectivity index (χ0n) is 10.9. The van der Waals surface area contributed by atoms with Gasteiger partial charge in [0.25, 0.3) is 5.56 Å². The minimum atomic E-state index is -0.0660. The fourth-order valence-corrected chi connectivity index (χ4v) is 2.36. The molecule has 1 N–H and O–H groups in total. The highest BCUT2D eigenvalue weighted by molar-refractivity contribution is 5.85. The topological polar surface area (TPSA) is 45.8 Å². The van der Waals surface area contributed by atoms with Gasteiger partial charge in [0.15, 0.2) is 0 Å². The van der Waals surface area contributed by atoms with Crippen molar-refractivity contribution in [2.75, 3.05) is 0 Å². The van der Waals surface area contributed by atoms with Crippen LogP contribution in [0.3, 0.4) is 0 Å². The number of aromatic amines is 1. The zero-order valence-corrected chi connectivity index (χ0v) is 10.9. The van der Waals surface area contributed by atoms with E-state index in [1.54, 1.807) is 0 Å². The van der Waals surface area contributed by atoms with Crippen LogP contribution in [0.15, 0.2) is 47.3 Å². The second kappa shape index (κ2) is 4.35. The Bertz CT molecular complexity index is 804. The number of fused-ring (bicyclic) bond motifs is 1. The predicted molar refractivity (Wildman–Crippen MR) is 77.3 cm³/mol. The van der Waals surface area contributed by atoms with E-state index in [0.29, 0.717) is 5.56 Å². The van der Waals surface area contributed by atoms with E-state index in [9.17, 15) is 4.79 Å². The molecule has 3 aromatic rings. The molecule has 0 aliphatic heterocycles. The summed E-state index contributed by atoms with van der Waals surface area (Å²) >= 11 is 0. The van der Waals surface area contributed by atoms with E-state index in [1.807, 2.05) is 56.3 Å². The normalized spacial score (nSPS) is 10.8. The molecule has 2 heterocycles. The fraction of sp³-hybridized carbons (Fsp3) is 0.125. The second-order valence-electron chi connectivity index (χ2n) is 4.69. The molecule has 19 heavy (non-hydrogen) atoms. The predicted octanol–water partition coefficient (Wildman–Crippen LogP) is 3.21. The molecule has 0 saturated heterocycles. The van der Waals surface area contributed by atoms with E-state index in [0.717, 1.165) is 27.9 Å². The van der Waals surface area contributed by atoms with E-state index >= 15 is 0 Å². The number of H-pyrrole nitrogens is 1. The summed E-state index contributed by atoms with van der Waals surface area (Å²) in [5.41, 5.74) is 4.22. The molecule has 0 saturated carbocycles. The largest absolute Gasteiger partial charge is 0.321 e. The minimum absolute atomic E-state index is 0.0660. The standard InChI is InChI=1S/C16H14N2O/c1-10-8-15-13(11(2)17-10)9-14(16(19)18-15)12-6-4-3-5-7-12/h3-9H,1-2H3,(H,18,19). The Kier molecular flexibility index (Phi) is 2.67. The van der Waals surface area contributed by atoms with Gasteiger partial charge in [-0.15, -0.1) is 0 Å². The lowest BCUT2D eigenvalue weighted by atomic mass is 10.0. The molecule has 3 rings (SSSR count). The number of aromatic nitrogens is 2. The average molecular weight is 250 g/mol. The van der Waals surface area contributed by atoms with Gasteiger partial charge in [0, 0.05) is 22.3 Å². The van der Waals surface area contributed by atoms with Crippen molar-refractivity contribution in [3.63, 3.8) is 0 Å². The summed E-state index contributed by atoms with van der Waals surface area (Å²) in [5.74, 6) is 0. The number of hydrogen-bond acceptors (Lipinski definition) is 2. The van der Waals surface area contributed by atoms with Gasteiger partial charge in [-0.2, -0.15) is 0 Å². The summed E-state index contributed by atoms with van der Waals surface area (Å²) in [4.78, 5) is 19.6. The Morgan fingerprint density at radius 1 is 1.05 bits per heavy atom. The Balaban J connectivity index is 2.34. The lowest BCUT2D eigenvalue weighted by molar-refractivity contribution is 1.14. The van der Waals surface area contributed by atoms with E-state index in [2.05, 4.69) is 9.97 Å². The van der Waals surface area contributed by atoms with Gasteiger partial charge in [0.1, 0.15) is 0 Å². The summed E-state index contributed by atoms with van der Waals surface area (Å²) in [6, 6.07) is 13.5. The number of hydrogen-bond donors (Lipinski definition) is 1. The fourth-order valence-electron chi connectivity index (χ4n) is 2.36. The van der Waals surface area contributed by atoms with Crippen molar-refractivity contribution < 1.29 is 0 Å². The SMILES string of the molecule is Cc1cc2[nH]c(=O)c(-c3ccccc3)cc2c(C)n1.